The summed E-state index contributed by atoms with van der Waals surface area (Å²) in [5, 5.41) is 18.7. The van der Waals surface area contributed by atoms with Gasteiger partial charge in [0, 0.05) is 12.6 Å². The Bertz CT molecular complexity index is 430. The van der Waals surface area contributed by atoms with Gasteiger partial charge in [0.1, 0.15) is 0 Å². The Morgan fingerprint density at radius 2 is 2.39 bits per heavy atom. The summed E-state index contributed by atoms with van der Waals surface area (Å²) in [5.41, 5.74) is 7.14. The molecule has 1 saturated carbocycles. The van der Waals surface area contributed by atoms with Crippen molar-refractivity contribution in [3.8, 4) is 0 Å². The molecule has 6 heteroatoms. The van der Waals surface area contributed by atoms with Gasteiger partial charge in [-0.3, -0.25) is 9.89 Å². The molecular weight excluding hydrogens is 232 g/mol. The molecule has 1 aliphatic carbocycles. The average Bonchev–Trinajstić information content (AvgIpc) is 2.70. The Hall–Kier alpha value is -1.56. The summed E-state index contributed by atoms with van der Waals surface area (Å²) < 4.78 is 0. The number of H-pyrrole nitrogens is 1. The molecule has 2 rings (SSSR count). The van der Waals surface area contributed by atoms with Crippen molar-refractivity contribution in [2.75, 3.05) is 12.3 Å². The van der Waals surface area contributed by atoms with Crippen molar-refractivity contribution in [2.45, 2.75) is 38.6 Å². The quantitative estimate of drug-likeness (QED) is 0.631. The van der Waals surface area contributed by atoms with Crippen LogP contribution in [-0.2, 0) is 0 Å². The predicted octanol–water partition coefficient (Wildman–Crippen LogP) is 0.581. The molecule has 5 N–H and O–H groups in total. The summed E-state index contributed by atoms with van der Waals surface area (Å²) in [6, 6.07) is 0.111. The Morgan fingerprint density at radius 3 is 3.00 bits per heavy atom. The number of aromatic nitrogens is 2. The van der Waals surface area contributed by atoms with Crippen molar-refractivity contribution < 1.29 is 9.90 Å². The molecule has 1 amide bonds. The molecule has 1 aliphatic rings. The van der Waals surface area contributed by atoms with Crippen molar-refractivity contribution in [1.82, 2.24) is 15.5 Å². The lowest BCUT2D eigenvalue weighted by Crippen LogP contribution is -2.39. The van der Waals surface area contributed by atoms with Crippen LogP contribution in [0.3, 0.4) is 0 Å². The van der Waals surface area contributed by atoms with Gasteiger partial charge in [0.2, 0.25) is 0 Å². The normalized spacial score (nSPS) is 23.9. The van der Waals surface area contributed by atoms with Gasteiger partial charge in [-0.05, 0) is 32.1 Å². The minimum atomic E-state index is -0.236. The highest BCUT2D eigenvalue weighted by atomic mass is 16.3. The third-order valence-electron chi connectivity index (χ3n) is 3.59. The van der Waals surface area contributed by atoms with E-state index in [2.05, 4.69) is 15.5 Å². The third-order valence-corrected chi connectivity index (χ3v) is 3.59. The fourth-order valence-corrected chi connectivity index (χ4v) is 2.45. The lowest BCUT2D eigenvalue weighted by molar-refractivity contribution is 0.0901. The summed E-state index contributed by atoms with van der Waals surface area (Å²) >= 11 is 0. The second-order valence-corrected chi connectivity index (χ2v) is 5.00. The highest BCUT2D eigenvalue weighted by Crippen LogP contribution is 2.24. The lowest BCUT2D eigenvalue weighted by Gasteiger charge is -2.28. The number of aliphatic hydroxyl groups excluding tert-OH is 1. The minimum Gasteiger partial charge on any atom is -0.396 e. The van der Waals surface area contributed by atoms with Crippen LogP contribution in [-0.4, -0.2) is 33.9 Å². The second-order valence-electron chi connectivity index (χ2n) is 5.00. The van der Waals surface area contributed by atoms with Crippen molar-refractivity contribution in [2.24, 2.45) is 5.92 Å². The van der Waals surface area contributed by atoms with Crippen LogP contribution >= 0.6 is 0 Å². The van der Waals surface area contributed by atoms with Gasteiger partial charge in [-0.2, -0.15) is 5.10 Å². The van der Waals surface area contributed by atoms with E-state index in [4.69, 9.17) is 10.8 Å². The van der Waals surface area contributed by atoms with Crippen molar-refractivity contribution in [3.63, 3.8) is 0 Å². The molecule has 1 aromatic heterocycles. The summed E-state index contributed by atoms with van der Waals surface area (Å²) in [4.78, 5) is 12.0. The van der Waals surface area contributed by atoms with Crippen LogP contribution in [0.5, 0.6) is 0 Å². The molecule has 1 aromatic rings. The first-order chi connectivity index (χ1) is 8.61. The Balaban J connectivity index is 1.97. The third kappa shape index (κ3) is 2.64. The number of anilines is 1. The fourth-order valence-electron chi connectivity index (χ4n) is 2.45. The topological polar surface area (TPSA) is 104 Å². The summed E-state index contributed by atoms with van der Waals surface area (Å²) in [7, 11) is 0. The number of aromatic amines is 1. The molecule has 2 unspecified atom stereocenters. The van der Waals surface area contributed by atoms with Crippen LogP contribution in [0.25, 0.3) is 0 Å². The molecule has 1 fully saturated rings. The zero-order valence-electron chi connectivity index (χ0n) is 10.6. The number of carbonyl (C=O) groups is 1. The number of aliphatic hydroxyl groups is 1. The molecule has 0 spiro atoms. The van der Waals surface area contributed by atoms with Crippen LogP contribution < -0.4 is 11.1 Å². The molecule has 0 radical (unpaired) electrons. The van der Waals surface area contributed by atoms with Crippen molar-refractivity contribution >= 4 is 11.6 Å². The highest BCUT2D eigenvalue weighted by molar-refractivity contribution is 5.97. The van der Waals surface area contributed by atoms with E-state index >= 15 is 0 Å². The maximum absolute atomic E-state index is 12.0. The van der Waals surface area contributed by atoms with Gasteiger partial charge in [0.15, 0.2) is 5.69 Å². The van der Waals surface area contributed by atoms with E-state index in [-0.39, 0.29) is 24.2 Å². The van der Waals surface area contributed by atoms with Crippen LogP contribution in [0.15, 0.2) is 0 Å². The van der Waals surface area contributed by atoms with Gasteiger partial charge in [-0.15, -0.1) is 0 Å². The van der Waals surface area contributed by atoms with Crippen LogP contribution in [0.1, 0.15) is 41.9 Å². The van der Waals surface area contributed by atoms with Gasteiger partial charge in [0.05, 0.1) is 11.4 Å². The molecule has 18 heavy (non-hydrogen) atoms. The van der Waals surface area contributed by atoms with E-state index in [0.717, 1.165) is 25.7 Å². The SMILES string of the molecule is Cc1[nH]nc(C(=O)NC2CCCC(CO)C2)c1N. The van der Waals surface area contributed by atoms with Gasteiger partial charge in [-0.1, -0.05) is 6.42 Å². The van der Waals surface area contributed by atoms with Gasteiger partial charge in [-0.25, -0.2) is 0 Å². The zero-order chi connectivity index (χ0) is 13.1. The molecule has 0 saturated heterocycles. The molecule has 0 bridgehead atoms. The first kappa shape index (κ1) is 12.9. The Labute approximate surface area is 106 Å². The number of nitrogens with two attached hydrogens (primary N) is 1. The molecule has 1 heterocycles. The van der Waals surface area contributed by atoms with Gasteiger partial charge < -0.3 is 16.2 Å². The van der Waals surface area contributed by atoms with Gasteiger partial charge in [0.25, 0.3) is 5.91 Å². The first-order valence-corrected chi connectivity index (χ1v) is 6.34. The Kier molecular flexibility index (Phi) is 3.86. The lowest BCUT2D eigenvalue weighted by atomic mass is 9.86. The van der Waals surface area contributed by atoms with Crippen LogP contribution in [0.4, 0.5) is 5.69 Å². The molecule has 0 aromatic carbocycles. The van der Waals surface area contributed by atoms with E-state index in [9.17, 15) is 4.79 Å². The molecule has 2 atom stereocenters. The molecule has 6 nitrogen and oxygen atoms in total. The maximum Gasteiger partial charge on any atom is 0.274 e. The predicted molar refractivity (Wildman–Crippen MR) is 68.0 cm³/mol. The fraction of sp³-hybridized carbons (Fsp3) is 0.667. The van der Waals surface area contributed by atoms with Crippen LogP contribution in [0.2, 0.25) is 0 Å². The molecular formula is C12H20N4O2. The van der Waals surface area contributed by atoms with Crippen molar-refractivity contribution in [1.29, 1.82) is 0 Å². The average molecular weight is 252 g/mol. The van der Waals surface area contributed by atoms with E-state index in [1.54, 1.807) is 6.92 Å². The highest BCUT2D eigenvalue weighted by Gasteiger charge is 2.24. The zero-order valence-corrected chi connectivity index (χ0v) is 10.6. The number of hydrogen-bond acceptors (Lipinski definition) is 4. The van der Waals surface area contributed by atoms with Crippen molar-refractivity contribution in [3.05, 3.63) is 11.4 Å². The first-order valence-electron chi connectivity index (χ1n) is 6.34. The molecule has 0 aliphatic heterocycles. The van der Waals surface area contributed by atoms with Gasteiger partial charge >= 0.3 is 0 Å². The number of nitrogen functional groups attached to an aromatic ring is 1. The summed E-state index contributed by atoms with van der Waals surface area (Å²) in [6.45, 7) is 1.97. The number of rotatable bonds is 3. The minimum absolute atomic E-state index is 0.111. The number of amides is 1. The smallest absolute Gasteiger partial charge is 0.274 e. The standard InChI is InChI=1S/C12H20N4O2/c1-7-10(13)11(16-15-7)12(18)14-9-4-2-3-8(5-9)6-17/h8-9,17H,2-6,13H2,1H3,(H,14,18)(H,15,16). The maximum atomic E-state index is 12.0. The summed E-state index contributed by atoms with van der Waals surface area (Å²) in [5.74, 6) is 0.0581. The number of nitrogens with zero attached hydrogens (tertiary/aromatic N) is 1. The Morgan fingerprint density at radius 1 is 1.61 bits per heavy atom. The molecule has 100 valence electrons. The van der Waals surface area contributed by atoms with E-state index in [1.165, 1.54) is 0 Å². The van der Waals surface area contributed by atoms with E-state index < -0.39 is 0 Å². The number of nitrogens with one attached hydrogen (secondary N) is 2. The monoisotopic (exact) mass is 252 g/mol. The number of aryl methyl sites for hydroxylation is 1. The van der Waals surface area contributed by atoms with Crippen LogP contribution in [0, 0.1) is 12.8 Å². The van der Waals surface area contributed by atoms with E-state index in [0.29, 0.717) is 17.3 Å². The summed E-state index contributed by atoms with van der Waals surface area (Å²) in [6.07, 6.45) is 3.84. The van der Waals surface area contributed by atoms with E-state index in [1.807, 2.05) is 0 Å². The largest absolute Gasteiger partial charge is 0.396 e. The number of carbonyl (C=O) groups excluding carboxylic acids is 1. The number of hydrogen-bond donors (Lipinski definition) is 4. The second kappa shape index (κ2) is 5.39.